The summed E-state index contributed by atoms with van der Waals surface area (Å²) in [6.07, 6.45) is 5.26. The van der Waals surface area contributed by atoms with E-state index in [9.17, 15) is 9.59 Å². The number of likely N-dealkylation sites (tertiary alicyclic amines) is 1. The number of hydrogen-bond donors (Lipinski definition) is 1. The normalized spacial score (nSPS) is 15.9. The largest absolute Gasteiger partial charge is 0.484 e. The molecule has 1 fully saturated rings. The number of benzene rings is 1. The summed E-state index contributed by atoms with van der Waals surface area (Å²) in [7, 11) is 0. The van der Waals surface area contributed by atoms with E-state index in [1.54, 1.807) is 30.5 Å². The Hall–Kier alpha value is -2.60. The number of ketones is 1. The van der Waals surface area contributed by atoms with Gasteiger partial charge in [-0.3, -0.25) is 14.5 Å². The molecule has 2 heterocycles. The monoisotopic (exact) mass is 370 g/mol. The van der Waals surface area contributed by atoms with Crippen LogP contribution in [0.4, 0.5) is 0 Å². The smallest absolute Gasteiger partial charge is 0.258 e. The topological polar surface area (TPSA) is 71.8 Å². The molecular formula is C21H26N2O4. The van der Waals surface area contributed by atoms with Gasteiger partial charge in [0.25, 0.3) is 5.91 Å². The highest BCUT2D eigenvalue weighted by atomic mass is 16.5. The van der Waals surface area contributed by atoms with E-state index in [1.165, 1.54) is 26.2 Å². The first-order chi connectivity index (χ1) is 13.1. The van der Waals surface area contributed by atoms with Crippen LogP contribution in [0.25, 0.3) is 0 Å². The predicted molar refractivity (Wildman–Crippen MR) is 102 cm³/mol. The summed E-state index contributed by atoms with van der Waals surface area (Å²) in [6, 6.07) is 10.7. The van der Waals surface area contributed by atoms with Crippen molar-refractivity contribution in [1.82, 2.24) is 10.2 Å². The Kier molecular flexibility index (Phi) is 6.65. The van der Waals surface area contributed by atoms with Gasteiger partial charge in [0.05, 0.1) is 12.3 Å². The number of carbonyl (C=O) groups is 2. The number of rotatable bonds is 8. The van der Waals surface area contributed by atoms with Gasteiger partial charge in [-0.2, -0.15) is 0 Å². The molecule has 1 aromatic heterocycles. The van der Waals surface area contributed by atoms with E-state index in [4.69, 9.17) is 9.15 Å². The van der Waals surface area contributed by atoms with Crippen molar-refractivity contribution in [3.63, 3.8) is 0 Å². The van der Waals surface area contributed by atoms with Gasteiger partial charge in [0, 0.05) is 12.1 Å². The Labute approximate surface area is 159 Å². The summed E-state index contributed by atoms with van der Waals surface area (Å²) in [5.41, 5.74) is 0.620. The maximum absolute atomic E-state index is 12.2. The van der Waals surface area contributed by atoms with Crippen LogP contribution < -0.4 is 10.1 Å². The first-order valence-corrected chi connectivity index (χ1v) is 9.41. The molecule has 27 heavy (non-hydrogen) atoms. The maximum atomic E-state index is 12.2. The average molecular weight is 370 g/mol. The van der Waals surface area contributed by atoms with Crippen molar-refractivity contribution in [2.45, 2.75) is 32.2 Å². The van der Waals surface area contributed by atoms with E-state index < -0.39 is 0 Å². The lowest BCUT2D eigenvalue weighted by Crippen LogP contribution is -2.41. The van der Waals surface area contributed by atoms with Crippen LogP contribution >= 0.6 is 0 Å². The molecule has 0 saturated carbocycles. The number of nitrogens with one attached hydrogen (secondary N) is 1. The summed E-state index contributed by atoms with van der Waals surface area (Å²) in [4.78, 5) is 25.9. The van der Waals surface area contributed by atoms with Crippen LogP contribution in [0.5, 0.6) is 5.75 Å². The number of Topliss-reactive ketones (excluding diaryl/α,β-unsaturated/α-hetero) is 1. The standard InChI is InChI=1S/C21H26N2O4/c1-16(24)17-7-9-18(10-8-17)27-15-21(25)22-14-19(20-6-5-13-26-20)23-11-3-2-4-12-23/h5-10,13,19H,2-4,11-12,14-15H2,1H3,(H,22,25)/t19-/m0/s1. The minimum atomic E-state index is -0.181. The third-order valence-corrected chi connectivity index (χ3v) is 4.83. The van der Waals surface area contributed by atoms with E-state index in [0.717, 1.165) is 18.8 Å². The van der Waals surface area contributed by atoms with Crippen LogP contribution in [-0.2, 0) is 4.79 Å². The minimum Gasteiger partial charge on any atom is -0.484 e. The van der Waals surface area contributed by atoms with E-state index in [2.05, 4.69) is 10.2 Å². The maximum Gasteiger partial charge on any atom is 0.258 e. The molecule has 1 N–H and O–H groups in total. The van der Waals surface area contributed by atoms with Crippen molar-refractivity contribution in [2.24, 2.45) is 0 Å². The Bertz CT molecular complexity index is 734. The molecule has 1 atom stereocenters. The molecule has 0 unspecified atom stereocenters. The summed E-state index contributed by atoms with van der Waals surface area (Å²) in [5, 5.41) is 2.95. The third kappa shape index (κ3) is 5.44. The number of piperidine rings is 1. The molecule has 144 valence electrons. The zero-order valence-electron chi connectivity index (χ0n) is 15.6. The predicted octanol–water partition coefficient (Wildman–Crippen LogP) is 3.20. The molecule has 1 aromatic carbocycles. The van der Waals surface area contributed by atoms with Gasteiger partial charge < -0.3 is 14.5 Å². The first-order valence-electron chi connectivity index (χ1n) is 9.41. The van der Waals surface area contributed by atoms with Gasteiger partial charge in [0.15, 0.2) is 12.4 Å². The quantitative estimate of drug-likeness (QED) is 0.723. The molecule has 2 aromatic rings. The van der Waals surface area contributed by atoms with Crippen LogP contribution in [0.3, 0.4) is 0 Å². The highest BCUT2D eigenvalue weighted by Crippen LogP contribution is 2.24. The van der Waals surface area contributed by atoms with Crippen molar-refractivity contribution in [3.8, 4) is 5.75 Å². The number of furan rings is 1. The second kappa shape index (κ2) is 9.37. The zero-order chi connectivity index (χ0) is 19.1. The number of hydrogen-bond acceptors (Lipinski definition) is 5. The second-order valence-corrected chi connectivity index (χ2v) is 6.80. The van der Waals surface area contributed by atoms with Crippen LogP contribution in [0, 0.1) is 0 Å². The number of carbonyl (C=O) groups excluding carboxylic acids is 2. The van der Waals surface area contributed by atoms with Crippen molar-refractivity contribution in [1.29, 1.82) is 0 Å². The molecule has 0 bridgehead atoms. The van der Waals surface area contributed by atoms with Gasteiger partial charge in [-0.25, -0.2) is 0 Å². The minimum absolute atomic E-state index is 0.000902. The molecule has 1 amide bonds. The summed E-state index contributed by atoms with van der Waals surface area (Å²) >= 11 is 0. The fraction of sp³-hybridized carbons (Fsp3) is 0.429. The van der Waals surface area contributed by atoms with Gasteiger partial charge in [-0.05, 0) is 69.3 Å². The van der Waals surface area contributed by atoms with E-state index in [1.807, 2.05) is 12.1 Å². The molecule has 6 heteroatoms. The Morgan fingerprint density at radius 1 is 1.15 bits per heavy atom. The fourth-order valence-electron chi connectivity index (χ4n) is 3.32. The van der Waals surface area contributed by atoms with E-state index >= 15 is 0 Å². The lowest BCUT2D eigenvalue weighted by Gasteiger charge is -2.33. The number of ether oxygens (including phenoxy) is 1. The molecule has 1 saturated heterocycles. The van der Waals surface area contributed by atoms with Gasteiger partial charge >= 0.3 is 0 Å². The Morgan fingerprint density at radius 3 is 2.52 bits per heavy atom. The van der Waals surface area contributed by atoms with E-state index in [0.29, 0.717) is 17.9 Å². The van der Waals surface area contributed by atoms with Crippen molar-refractivity contribution >= 4 is 11.7 Å². The molecule has 6 nitrogen and oxygen atoms in total. The molecule has 3 rings (SSSR count). The van der Waals surface area contributed by atoms with Gasteiger partial charge in [0.2, 0.25) is 0 Å². The van der Waals surface area contributed by atoms with Crippen molar-refractivity contribution < 1.29 is 18.7 Å². The Morgan fingerprint density at radius 2 is 1.89 bits per heavy atom. The molecule has 0 radical (unpaired) electrons. The zero-order valence-corrected chi connectivity index (χ0v) is 15.6. The van der Waals surface area contributed by atoms with Crippen molar-refractivity contribution in [2.75, 3.05) is 26.2 Å². The van der Waals surface area contributed by atoms with Crippen LogP contribution in [0.15, 0.2) is 47.1 Å². The lowest BCUT2D eigenvalue weighted by molar-refractivity contribution is -0.123. The molecule has 1 aliphatic heterocycles. The molecular weight excluding hydrogens is 344 g/mol. The molecule has 1 aliphatic rings. The highest BCUT2D eigenvalue weighted by Gasteiger charge is 2.24. The first kappa shape index (κ1) is 19.2. The summed E-state index contributed by atoms with van der Waals surface area (Å²) < 4.78 is 11.1. The number of amides is 1. The molecule has 0 spiro atoms. The average Bonchev–Trinajstić information content (AvgIpc) is 3.22. The van der Waals surface area contributed by atoms with E-state index in [-0.39, 0.29) is 24.3 Å². The highest BCUT2D eigenvalue weighted by molar-refractivity contribution is 5.94. The Balaban J connectivity index is 1.50. The van der Waals surface area contributed by atoms with Crippen molar-refractivity contribution in [3.05, 3.63) is 54.0 Å². The van der Waals surface area contributed by atoms with Gasteiger partial charge in [-0.1, -0.05) is 6.42 Å². The van der Waals surface area contributed by atoms with Gasteiger partial charge in [0.1, 0.15) is 11.5 Å². The fourth-order valence-corrected chi connectivity index (χ4v) is 3.32. The summed E-state index contributed by atoms with van der Waals surface area (Å²) in [6.45, 7) is 3.96. The number of nitrogens with zero attached hydrogens (tertiary/aromatic N) is 1. The second-order valence-electron chi connectivity index (χ2n) is 6.80. The van der Waals surface area contributed by atoms with Crippen LogP contribution in [-0.4, -0.2) is 42.8 Å². The van der Waals surface area contributed by atoms with Crippen LogP contribution in [0.1, 0.15) is 48.3 Å². The van der Waals surface area contributed by atoms with Crippen LogP contribution in [0.2, 0.25) is 0 Å². The molecule has 0 aliphatic carbocycles. The third-order valence-electron chi connectivity index (χ3n) is 4.83. The SMILES string of the molecule is CC(=O)c1ccc(OCC(=O)NC[C@@H](c2ccco2)N2CCCCC2)cc1. The van der Waals surface area contributed by atoms with Gasteiger partial charge in [-0.15, -0.1) is 0 Å². The lowest BCUT2D eigenvalue weighted by atomic mass is 10.1. The summed E-state index contributed by atoms with van der Waals surface area (Å²) in [5.74, 6) is 1.26.